The zero-order chi connectivity index (χ0) is 24.1. The number of nitrogens with one attached hydrogen (secondary N) is 1. The van der Waals surface area contributed by atoms with E-state index in [1.807, 2.05) is 24.3 Å². The highest BCUT2D eigenvalue weighted by molar-refractivity contribution is 7.98. The van der Waals surface area contributed by atoms with E-state index >= 15 is 0 Å². The normalized spacial score (nSPS) is 15.4. The highest BCUT2D eigenvalue weighted by Gasteiger charge is 2.37. The van der Waals surface area contributed by atoms with Gasteiger partial charge < -0.3 is 10.1 Å². The Labute approximate surface area is 213 Å². The van der Waals surface area contributed by atoms with Crippen LogP contribution in [0, 0.1) is 0 Å². The number of carbonyl (C=O) groups is 1. The molecule has 0 bridgehead atoms. The van der Waals surface area contributed by atoms with E-state index in [4.69, 9.17) is 27.9 Å². The SMILES string of the molecule is O=C(NCCSCc1ccccc1Cl)C1CN(S(=O)(=O)c2ccc(Cl)cc2)c2ccccc2O1. The average molecular weight is 537 g/mol. The Hall–Kier alpha value is -2.39. The number of thioether (sulfide) groups is 1. The minimum absolute atomic E-state index is 0.0868. The molecular formula is C24H22Cl2N2O4S2. The molecular weight excluding hydrogens is 515 g/mol. The first-order valence-corrected chi connectivity index (χ1v) is 13.8. The predicted molar refractivity (Wildman–Crippen MR) is 137 cm³/mol. The first kappa shape index (κ1) is 24.7. The Bertz CT molecular complexity index is 1270. The van der Waals surface area contributed by atoms with Crippen molar-refractivity contribution in [2.24, 2.45) is 0 Å². The Morgan fingerprint density at radius 1 is 1.03 bits per heavy atom. The summed E-state index contributed by atoms with van der Waals surface area (Å²) in [7, 11) is -3.92. The van der Waals surface area contributed by atoms with E-state index in [0.29, 0.717) is 28.8 Å². The third-order valence-corrected chi connectivity index (χ3v) is 8.61. The lowest BCUT2D eigenvalue weighted by Gasteiger charge is -2.34. The van der Waals surface area contributed by atoms with Gasteiger partial charge in [-0.2, -0.15) is 11.8 Å². The summed E-state index contributed by atoms with van der Waals surface area (Å²) in [4.78, 5) is 12.9. The summed E-state index contributed by atoms with van der Waals surface area (Å²) in [5.41, 5.74) is 1.42. The van der Waals surface area contributed by atoms with E-state index in [1.165, 1.54) is 28.6 Å². The number of hydrogen-bond donors (Lipinski definition) is 1. The number of benzene rings is 3. The molecule has 34 heavy (non-hydrogen) atoms. The highest BCUT2D eigenvalue weighted by atomic mass is 35.5. The van der Waals surface area contributed by atoms with Crippen LogP contribution in [0.25, 0.3) is 0 Å². The zero-order valence-electron chi connectivity index (χ0n) is 18.0. The van der Waals surface area contributed by atoms with Crippen LogP contribution in [0.15, 0.2) is 77.7 Å². The number of anilines is 1. The Morgan fingerprint density at radius 2 is 1.74 bits per heavy atom. The average Bonchev–Trinajstić information content (AvgIpc) is 2.84. The van der Waals surface area contributed by atoms with Gasteiger partial charge in [-0.3, -0.25) is 9.10 Å². The molecule has 3 aromatic carbocycles. The summed E-state index contributed by atoms with van der Waals surface area (Å²) in [5.74, 6) is 1.37. The molecule has 1 amide bonds. The van der Waals surface area contributed by atoms with Crippen LogP contribution in [0.1, 0.15) is 5.56 Å². The van der Waals surface area contributed by atoms with Crippen molar-refractivity contribution in [1.82, 2.24) is 5.32 Å². The van der Waals surface area contributed by atoms with Gasteiger partial charge in [0.15, 0.2) is 6.10 Å². The second-order valence-corrected chi connectivity index (χ2v) is 11.3. The van der Waals surface area contributed by atoms with Gasteiger partial charge in [0.05, 0.1) is 17.1 Å². The number of para-hydroxylation sites is 2. The van der Waals surface area contributed by atoms with Gasteiger partial charge in [-0.05, 0) is 48.0 Å². The Balaban J connectivity index is 1.41. The van der Waals surface area contributed by atoms with Crippen molar-refractivity contribution < 1.29 is 17.9 Å². The third-order valence-electron chi connectivity index (χ3n) is 5.19. The van der Waals surface area contributed by atoms with E-state index in [1.54, 1.807) is 36.0 Å². The quantitative estimate of drug-likeness (QED) is 0.410. The number of sulfonamides is 1. The lowest BCUT2D eigenvalue weighted by Crippen LogP contribution is -2.51. The molecule has 0 spiro atoms. The number of amides is 1. The molecule has 0 aromatic heterocycles. The van der Waals surface area contributed by atoms with Gasteiger partial charge in [-0.15, -0.1) is 0 Å². The van der Waals surface area contributed by atoms with Gasteiger partial charge >= 0.3 is 0 Å². The van der Waals surface area contributed by atoms with Crippen LogP contribution < -0.4 is 14.4 Å². The number of ether oxygens (including phenoxy) is 1. The van der Waals surface area contributed by atoms with E-state index < -0.39 is 16.1 Å². The van der Waals surface area contributed by atoms with Gasteiger partial charge in [-0.1, -0.05) is 53.5 Å². The summed E-state index contributed by atoms with van der Waals surface area (Å²) in [6, 6.07) is 20.3. The van der Waals surface area contributed by atoms with Crippen molar-refractivity contribution in [1.29, 1.82) is 0 Å². The third kappa shape index (κ3) is 5.63. The Morgan fingerprint density at radius 3 is 2.50 bits per heavy atom. The van der Waals surface area contributed by atoms with Gasteiger partial charge in [0, 0.05) is 28.1 Å². The van der Waals surface area contributed by atoms with E-state index in [-0.39, 0.29) is 17.3 Å². The van der Waals surface area contributed by atoms with Crippen LogP contribution >= 0.6 is 35.0 Å². The van der Waals surface area contributed by atoms with Gasteiger partial charge in [0.25, 0.3) is 15.9 Å². The molecule has 3 aromatic rings. The molecule has 0 saturated carbocycles. The maximum absolute atomic E-state index is 13.4. The predicted octanol–water partition coefficient (Wildman–Crippen LogP) is 5.00. The fraction of sp³-hybridized carbons (Fsp3) is 0.208. The van der Waals surface area contributed by atoms with Crippen LogP contribution in [0.4, 0.5) is 5.69 Å². The number of nitrogens with zero attached hydrogens (tertiary/aromatic N) is 1. The maximum atomic E-state index is 13.4. The lowest BCUT2D eigenvalue weighted by atomic mass is 10.2. The molecule has 1 atom stereocenters. The molecule has 178 valence electrons. The summed E-state index contributed by atoms with van der Waals surface area (Å²) in [6.45, 7) is 0.278. The van der Waals surface area contributed by atoms with Gasteiger partial charge in [0.2, 0.25) is 0 Å². The number of carbonyl (C=O) groups excluding carboxylic acids is 1. The molecule has 0 aliphatic carbocycles. The topological polar surface area (TPSA) is 75.7 Å². The zero-order valence-corrected chi connectivity index (χ0v) is 21.1. The molecule has 1 aliphatic heterocycles. The minimum atomic E-state index is -3.92. The van der Waals surface area contributed by atoms with E-state index in [0.717, 1.165) is 16.3 Å². The van der Waals surface area contributed by atoms with Crippen LogP contribution in [-0.4, -0.2) is 39.3 Å². The van der Waals surface area contributed by atoms with Gasteiger partial charge in [0.1, 0.15) is 5.75 Å². The van der Waals surface area contributed by atoms with Crippen LogP contribution in [0.3, 0.4) is 0 Å². The number of halogens is 2. The number of hydrogen-bond acceptors (Lipinski definition) is 5. The lowest BCUT2D eigenvalue weighted by molar-refractivity contribution is -0.127. The largest absolute Gasteiger partial charge is 0.476 e. The van der Waals surface area contributed by atoms with Crippen molar-refractivity contribution in [2.75, 3.05) is 23.1 Å². The summed E-state index contributed by atoms with van der Waals surface area (Å²) >= 11 is 13.7. The molecule has 10 heteroatoms. The van der Waals surface area contributed by atoms with Crippen LogP contribution in [0.5, 0.6) is 5.75 Å². The molecule has 0 fully saturated rings. The summed E-state index contributed by atoms with van der Waals surface area (Å²) < 4.78 is 33.8. The Kier molecular flexibility index (Phi) is 7.93. The summed E-state index contributed by atoms with van der Waals surface area (Å²) in [5, 5.41) is 4.00. The molecule has 1 unspecified atom stereocenters. The van der Waals surface area contributed by atoms with Gasteiger partial charge in [-0.25, -0.2) is 8.42 Å². The van der Waals surface area contributed by atoms with Crippen molar-refractivity contribution in [3.63, 3.8) is 0 Å². The molecule has 1 heterocycles. The maximum Gasteiger partial charge on any atom is 0.264 e. The minimum Gasteiger partial charge on any atom is -0.476 e. The molecule has 0 radical (unpaired) electrons. The first-order valence-electron chi connectivity index (χ1n) is 10.5. The standard InChI is InChI=1S/C24H22Cl2N2O4S2/c25-18-9-11-19(12-10-18)34(30,31)28-15-23(32-22-8-4-3-7-21(22)28)24(29)27-13-14-33-16-17-5-1-2-6-20(17)26/h1-12,23H,13-16H2,(H,27,29). The van der Waals surface area contributed by atoms with Crippen molar-refractivity contribution in [2.45, 2.75) is 16.8 Å². The van der Waals surface area contributed by atoms with E-state index in [2.05, 4.69) is 5.32 Å². The van der Waals surface area contributed by atoms with Crippen molar-refractivity contribution in [3.8, 4) is 5.75 Å². The molecule has 1 aliphatic rings. The highest BCUT2D eigenvalue weighted by Crippen LogP contribution is 2.37. The number of fused-ring (bicyclic) bond motifs is 1. The molecule has 4 rings (SSSR count). The molecule has 0 saturated heterocycles. The summed E-state index contributed by atoms with van der Waals surface area (Å²) in [6.07, 6.45) is -0.981. The fourth-order valence-corrected chi connectivity index (χ4v) is 6.20. The van der Waals surface area contributed by atoms with E-state index in [9.17, 15) is 13.2 Å². The molecule has 6 nitrogen and oxygen atoms in total. The van der Waals surface area contributed by atoms with Crippen molar-refractivity contribution in [3.05, 3.63) is 88.4 Å². The van der Waals surface area contributed by atoms with Crippen LogP contribution in [0.2, 0.25) is 10.0 Å². The van der Waals surface area contributed by atoms with Crippen LogP contribution in [-0.2, 0) is 20.6 Å². The first-order chi connectivity index (χ1) is 16.4. The monoisotopic (exact) mass is 536 g/mol. The number of rotatable bonds is 8. The second kappa shape index (κ2) is 10.9. The molecule has 1 N–H and O–H groups in total. The second-order valence-electron chi connectivity index (χ2n) is 7.50. The van der Waals surface area contributed by atoms with Crippen molar-refractivity contribution >= 4 is 56.6 Å². The fourth-order valence-electron chi connectivity index (χ4n) is 3.46. The smallest absolute Gasteiger partial charge is 0.264 e.